The topological polar surface area (TPSA) is 84.4 Å². The molecule has 1 aromatic carbocycles. The molecule has 0 radical (unpaired) electrons. The van der Waals surface area contributed by atoms with Crippen molar-refractivity contribution in [3.05, 3.63) is 35.9 Å². The van der Waals surface area contributed by atoms with E-state index in [9.17, 15) is 0 Å². The van der Waals surface area contributed by atoms with Gasteiger partial charge in [0.15, 0.2) is 5.82 Å². The smallest absolute Gasteiger partial charge is 0.188 e. The molecule has 148 valence electrons. The van der Waals surface area contributed by atoms with Crippen molar-refractivity contribution >= 4 is 0 Å². The zero-order valence-corrected chi connectivity index (χ0v) is 16.4. The molecule has 7 nitrogen and oxygen atoms in total. The molecule has 7 heteroatoms. The van der Waals surface area contributed by atoms with Crippen molar-refractivity contribution in [3.63, 3.8) is 0 Å². The van der Waals surface area contributed by atoms with Crippen LogP contribution in [0.25, 0.3) is 0 Å². The summed E-state index contributed by atoms with van der Waals surface area (Å²) in [6.07, 6.45) is 2.99. The molecule has 0 spiro atoms. The lowest BCUT2D eigenvalue weighted by Crippen LogP contribution is -2.41. The highest BCUT2D eigenvalue weighted by Crippen LogP contribution is 2.32. The normalized spacial score (nSPS) is 22.6. The zero-order chi connectivity index (χ0) is 19.2. The molecule has 1 fully saturated rings. The largest absolute Gasteiger partial charge is 0.494 e. The van der Waals surface area contributed by atoms with Crippen LogP contribution in [0.2, 0.25) is 0 Å². The summed E-state index contributed by atoms with van der Waals surface area (Å²) < 4.78 is 18.7. The van der Waals surface area contributed by atoms with Gasteiger partial charge in [-0.1, -0.05) is 0 Å². The fourth-order valence-corrected chi connectivity index (χ4v) is 3.65. The van der Waals surface area contributed by atoms with E-state index in [1.165, 1.54) is 0 Å². The van der Waals surface area contributed by atoms with Gasteiger partial charge < -0.3 is 19.9 Å². The molecule has 2 N–H and O–H groups in total. The van der Waals surface area contributed by atoms with E-state index in [4.69, 9.17) is 24.9 Å². The highest BCUT2D eigenvalue weighted by molar-refractivity contribution is 5.31. The molecular formula is C20H30N4O3. The first-order valence-electron chi connectivity index (χ1n) is 9.72. The minimum atomic E-state index is 0.0410. The first kappa shape index (κ1) is 19.6. The van der Waals surface area contributed by atoms with Gasteiger partial charge in [-0.2, -0.15) is 5.10 Å². The summed E-state index contributed by atoms with van der Waals surface area (Å²) in [6, 6.07) is 7.64. The third kappa shape index (κ3) is 4.78. The first-order chi connectivity index (χ1) is 13.1. The minimum Gasteiger partial charge on any atom is -0.494 e. The molecule has 1 aromatic heterocycles. The highest BCUT2D eigenvalue weighted by atomic mass is 16.5. The Morgan fingerprint density at radius 3 is 2.41 bits per heavy atom. The van der Waals surface area contributed by atoms with Gasteiger partial charge in [0.05, 0.1) is 12.7 Å². The quantitative estimate of drug-likeness (QED) is 0.765. The average molecular weight is 374 g/mol. The molecule has 3 rings (SSSR count). The van der Waals surface area contributed by atoms with Crippen LogP contribution >= 0.6 is 0 Å². The second-order valence-electron chi connectivity index (χ2n) is 6.84. The number of benzene rings is 1. The molecule has 1 saturated carbocycles. The molecule has 0 bridgehead atoms. The maximum Gasteiger partial charge on any atom is 0.188 e. The van der Waals surface area contributed by atoms with Crippen LogP contribution in [0.5, 0.6) is 11.5 Å². The molecule has 0 saturated heterocycles. The van der Waals surface area contributed by atoms with Gasteiger partial charge in [0.1, 0.15) is 23.9 Å². The second-order valence-corrected chi connectivity index (χ2v) is 6.84. The number of ether oxygens (including phenoxy) is 3. The molecule has 0 unspecified atom stereocenters. The van der Waals surface area contributed by atoms with E-state index in [1.807, 2.05) is 35.9 Å². The first-order valence-corrected chi connectivity index (χ1v) is 9.72. The van der Waals surface area contributed by atoms with E-state index in [1.54, 1.807) is 7.11 Å². The van der Waals surface area contributed by atoms with Crippen molar-refractivity contribution < 1.29 is 14.2 Å². The summed E-state index contributed by atoms with van der Waals surface area (Å²) in [7, 11) is 1.73. The number of nitrogens with two attached hydrogens (primary N) is 1. The van der Waals surface area contributed by atoms with E-state index in [-0.39, 0.29) is 12.1 Å². The minimum absolute atomic E-state index is 0.0410. The molecule has 3 atom stereocenters. The number of nitrogens with zero attached hydrogens (tertiary/aromatic N) is 3. The lowest BCUT2D eigenvalue weighted by atomic mass is 9.83. The summed E-state index contributed by atoms with van der Waals surface area (Å²) in [5, 5.41) is 4.61. The van der Waals surface area contributed by atoms with Gasteiger partial charge in [0.25, 0.3) is 0 Å². The van der Waals surface area contributed by atoms with Crippen LogP contribution in [0.3, 0.4) is 0 Å². The number of aryl methyl sites for hydroxylation is 1. The van der Waals surface area contributed by atoms with Gasteiger partial charge in [-0.15, -0.1) is 0 Å². The number of methoxy groups -OCH3 is 1. The summed E-state index contributed by atoms with van der Waals surface area (Å²) in [5.41, 5.74) is 6.27. The van der Waals surface area contributed by atoms with Crippen molar-refractivity contribution in [1.82, 2.24) is 14.8 Å². The average Bonchev–Trinajstić information content (AvgIpc) is 3.11. The molecule has 1 heterocycles. The van der Waals surface area contributed by atoms with Crippen molar-refractivity contribution in [3.8, 4) is 11.5 Å². The Kier molecular flexibility index (Phi) is 6.68. The van der Waals surface area contributed by atoms with Crippen molar-refractivity contribution in [2.24, 2.45) is 5.73 Å². The number of aromatic nitrogens is 3. The number of hydrogen-bond donors (Lipinski definition) is 1. The monoisotopic (exact) mass is 374 g/mol. The zero-order valence-electron chi connectivity index (χ0n) is 16.4. The second kappa shape index (κ2) is 9.19. The van der Waals surface area contributed by atoms with Crippen LogP contribution in [0.4, 0.5) is 0 Å². The summed E-state index contributed by atoms with van der Waals surface area (Å²) >= 11 is 0. The lowest BCUT2D eigenvalue weighted by molar-refractivity contribution is 0.0480. The Bertz CT molecular complexity index is 717. The molecule has 1 aliphatic carbocycles. The van der Waals surface area contributed by atoms with Crippen molar-refractivity contribution in [1.29, 1.82) is 0 Å². The Hall–Kier alpha value is -2.12. The SMILES string of the molecule is CCOc1ccc(OCc2nc([C@H]3CC[C@@H](OC)[C@H](N)C3)n(CC)n2)cc1. The maximum absolute atomic E-state index is 6.27. The van der Waals surface area contributed by atoms with Crippen LogP contribution in [-0.4, -0.2) is 40.6 Å². The van der Waals surface area contributed by atoms with Crippen LogP contribution < -0.4 is 15.2 Å². The van der Waals surface area contributed by atoms with Crippen LogP contribution in [0, 0.1) is 0 Å². The maximum atomic E-state index is 6.27. The van der Waals surface area contributed by atoms with Crippen LogP contribution in [0.1, 0.15) is 50.7 Å². The predicted molar refractivity (Wildman–Crippen MR) is 103 cm³/mol. The van der Waals surface area contributed by atoms with Gasteiger partial charge in [-0.3, -0.25) is 0 Å². The fourth-order valence-electron chi connectivity index (χ4n) is 3.65. The van der Waals surface area contributed by atoms with Crippen LogP contribution in [-0.2, 0) is 17.9 Å². The van der Waals surface area contributed by atoms with Crippen molar-refractivity contribution in [2.75, 3.05) is 13.7 Å². The van der Waals surface area contributed by atoms with E-state index in [2.05, 4.69) is 12.0 Å². The summed E-state index contributed by atoms with van der Waals surface area (Å²) in [5.74, 6) is 3.63. The molecule has 2 aromatic rings. The Morgan fingerprint density at radius 1 is 1.11 bits per heavy atom. The van der Waals surface area contributed by atoms with Gasteiger partial charge in [-0.05, 0) is 57.4 Å². The van der Waals surface area contributed by atoms with E-state index < -0.39 is 0 Å². The third-order valence-electron chi connectivity index (χ3n) is 5.05. The molecule has 1 aliphatic rings. The Labute approximate surface area is 160 Å². The number of rotatable bonds is 8. The summed E-state index contributed by atoms with van der Waals surface area (Å²) in [6.45, 7) is 5.82. The molecule has 27 heavy (non-hydrogen) atoms. The van der Waals surface area contributed by atoms with Crippen molar-refractivity contribution in [2.45, 2.75) is 64.3 Å². The highest BCUT2D eigenvalue weighted by Gasteiger charge is 2.31. The standard InChI is InChI=1S/C20H30N4O3/c1-4-24-20(14-6-11-18(25-3)17(21)12-14)22-19(23-24)13-27-16-9-7-15(8-10-16)26-5-2/h7-10,14,17-18H,4-6,11-13,21H2,1-3H3/t14-,17+,18+/m0/s1. The van der Waals surface area contributed by atoms with Gasteiger partial charge in [0, 0.05) is 25.6 Å². The molecule has 0 amide bonds. The number of hydrogen-bond acceptors (Lipinski definition) is 6. The Balaban J connectivity index is 1.64. The van der Waals surface area contributed by atoms with E-state index >= 15 is 0 Å². The molecular weight excluding hydrogens is 344 g/mol. The summed E-state index contributed by atoms with van der Waals surface area (Å²) in [4.78, 5) is 4.76. The van der Waals surface area contributed by atoms with Crippen LogP contribution in [0.15, 0.2) is 24.3 Å². The van der Waals surface area contributed by atoms with Gasteiger partial charge >= 0.3 is 0 Å². The third-order valence-corrected chi connectivity index (χ3v) is 5.05. The molecule has 0 aliphatic heterocycles. The van der Waals surface area contributed by atoms with E-state index in [0.717, 1.165) is 43.1 Å². The van der Waals surface area contributed by atoms with Gasteiger partial charge in [0.2, 0.25) is 0 Å². The van der Waals surface area contributed by atoms with E-state index in [0.29, 0.717) is 25.0 Å². The Morgan fingerprint density at radius 2 is 1.81 bits per heavy atom. The fraction of sp³-hybridized carbons (Fsp3) is 0.600. The lowest BCUT2D eigenvalue weighted by Gasteiger charge is -2.32. The van der Waals surface area contributed by atoms with Gasteiger partial charge in [-0.25, -0.2) is 9.67 Å². The predicted octanol–water partition coefficient (Wildman–Crippen LogP) is 2.89.